The number of nitrogens with zero attached hydrogens (tertiary/aromatic N) is 1. The molecule has 0 bridgehead atoms. The average Bonchev–Trinajstić information content (AvgIpc) is 3.03. The van der Waals surface area contributed by atoms with E-state index in [1.54, 1.807) is 24.3 Å². The van der Waals surface area contributed by atoms with E-state index in [2.05, 4.69) is 10.6 Å². The standard InChI is InChI=1S/C18H15N3O3/c1-12-3-2-4-15(7-12)21-18(22)13(9-19)10-20-14-5-6-16-17(8-14)24-11-23-16/h2-8,10,20H,11H2,1H3,(H,21,22)/b13-10-. The molecule has 2 aromatic rings. The van der Waals surface area contributed by atoms with Crippen LogP contribution in [0.4, 0.5) is 11.4 Å². The van der Waals surface area contributed by atoms with Crippen LogP contribution in [0.25, 0.3) is 0 Å². The Bertz CT molecular complexity index is 853. The number of rotatable bonds is 4. The molecule has 120 valence electrons. The highest BCUT2D eigenvalue weighted by Crippen LogP contribution is 2.34. The molecule has 0 fully saturated rings. The lowest BCUT2D eigenvalue weighted by Crippen LogP contribution is -2.14. The van der Waals surface area contributed by atoms with Crippen LogP contribution >= 0.6 is 0 Å². The van der Waals surface area contributed by atoms with E-state index < -0.39 is 5.91 Å². The van der Waals surface area contributed by atoms with Gasteiger partial charge in [-0.2, -0.15) is 5.26 Å². The Kier molecular flexibility index (Phi) is 4.34. The van der Waals surface area contributed by atoms with Gasteiger partial charge in [0.2, 0.25) is 6.79 Å². The number of carbonyl (C=O) groups excluding carboxylic acids is 1. The lowest BCUT2D eigenvalue weighted by Gasteiger charge is -2.06. The highest BCUT2D eigenvalue weighted by Gasteiger charge is 2.13. The molecule has 0 saturated carbocycles. The monoisotopic (exact) mass is 321 g/mol. The molecule has 2 N–H and O–H groups in total. The van der Waals surface area contributed by atoms with Crippen molar-refractivity contribution in [3.8, 4) is 17.6 Å². The van der Waals surface area contributed by atoms with Crippen LogP contribution in [0.15, 0.2) is 54.2 Å². The number of fused-ring (bicyclic) bond motifs is 1. The lowest BCUT2D eigenvalue weighted by molar-refractivity contribution is -0.112. The summed E-state index contributed by atoms with van der Waals surface area (Å²) in [5.41, 5.74) is 2.32. The maximum atomic E-state index is 12.2. The Morgan fingerprint density at radius 3 is 2.79 bits per heavy atom. The topological polar surface area (TPSA) is 83.4 Å². The molecule has 1 aliphatic heterocycles. The number of ether oxygens (including phenoxy) is 2. The van der Waals surface area contributed by atoms with Gasteiger partial charge >= 0.3 is 0 Å². The fraction of sp³-hybridized carbons (Fsp3) is 0.111. The highest BCUT2D eigenvalue weighted by molar-refractivity contribution is 6.06. The first-order chi connectivity index (χ1) is 11.7. The van der Waals surface area contributed by atoms with Crippen molar-refractivity contribution in [3.63, 3.8) is 0 Å². The summed E-state index contributed by atoms with van der Waals surface area (Å²) in [4.78, 5) is 12.2. The van der Waals surface area contributed by atoms with E-state index in [0.29, 0.717) is 22.9 Å². The predicted octanol–water partition coefficient (Wildman–Crippen LogP) is 3.18. The highest BCUT2D eigenvalue weighted by atomic mass is 16.7. The van der Waals surface area contributed by atoms with Crippen LogP contribution in [0.5, 0.6) is 11.5 Å². The molecule has 3 rings (SSSR count). The number of carbonyl (C=O) groups is 1. The van der Waals surface area contributed by atoms with Crippen molar-refractivity contribution in [1.29, 1.82) is 5.26 Å². The van der Waals surface area contributed by atoms with Gasteiger partial charge in [0, 0.05) is 23.6 Å². The molecule has 0 aliphatic carbocycles. The van der Waals surface area contributed by atoms with E-state index in [4.69, 9.17) is 9.47 Å². The zero-order valence-electron chi connectivity index (χ0n) is 13.0. The number of aryl methyl sites for hydroxylation is 1. The number of nitriles is 1. The van der Waals surface area contributed by atoms with E-state index >= 15 is 0 Å². The fourth-order valence-electron chi connectivity index (χ4n) is 2.21. The van der Waals surface area contributed by atoms with Gasteiger partial charge in [0.25, 0.3) is 5.91 Å². The smallest absolute Gasteiger partial charge is 0.267 e. The zero-order valence-corrected chi connectivity index (χ0v) is 13.0. The molecular formula is C18H15N3O3. The molecule has 0 spiro atoms. The summed E-state index contributed by atoms with van der Waals surface area (Å²) in [6, 6.07) is 14.5. The minimum atomic E-state index is -0.476. The number of hydrogen-bond acceptors (Lipinski definition) is 5. The first-order valence-electron chi connectivity index (χ1n) is 7.30. The Morgan fingerprint density at radius 1 is 1.17 bits per heavy atom. The van der Waals surface area contributed by atoms with Crippen LogP contribution in [0, 0.1) is 18.3 Å². The van der Waals surface area contributed by atoms with Crippen molar-refractivity contribution in [2.24, 2.45) is 0 Å². The normalized spacial score (nSPS) is 12.4. The van der Waals surface area contributed by atoms with Crippen molar-refractivity contribution < 1.29 is 14.3 Å². The molecule has 0 aromatic heterocycles. The van der Waals surface area contributed by atoms with Crippen molar-refractivity contribution in [3.05, 3.63) is 59.8 Å². The molecule has 6 heteroatoms. The van der Waals surface area contributed by atoms with Crippen LogP contribution in [0.1, 0.15) is 5.56 Å². The molecule has 6 nitrogen and oxygen atoms in total. The molecule has 0 atom stereocenters. The lowest BCUT2D eigenvalue weighted by atomic mass is 10.2. The van der Waals surface area contributed by atoms with Crippen LogP contribution in [0.3, 0.4) is 0 Å². The van der Waals surface area contributed by atoms with Gasteiger partial charge in [-0.15, -0.1) is 0 Å². The van der Waals surface area contributed by atoms with Crippen LogP contribution < -0.4 is 20.1 Å². The summed E-state index contributed by atoms with van der Waals surface area (Å²) in [6.45, 7) is 2.12. The summed E-state index contributed by atoms with van der Waals surface area (Å²) in [5.74, 6) is 0.815. The molecule has 0 saturated heterocycles. The number of anilines is 2. The third kappa shape index (κ3) is 3.47. The summed E-state index contributed by atoms with van der Waals surface area (Å²) in [7, 11) is 0. The quantitative estimate of drug-likeness (QED) is 0.667. The van der Waals surface area contributed by atoms with E-state index in [1.807, 2.05) is 31.2 Å². The van der Waals surface area contributed by atoms with Crippen molar-refractivity contribution in [1.82, 2.24) is 0 Å². The third-order valence-corrected chi connectivity index (χ3v) is 3.40. The van der Waals surface area contributed by atoms with Crippen molar-refractivity contribution in [2.45, 2.75) is 6.92 Å². The minimum absolute atomic E-state index is 0.0332. The van der Waals surface area contributed by atoms with Gasteiger partial charge in [0.05, 0.1) is 0 Å². The third-order valence-electron chi connectivity index (χ3n) is 3.40. The minimum Gasteiger partial charge on any atom is -0.454 e. The molecule has 2 aromatic carbocycles. The summed E-state index contributed by atoms with van der Waals surface area (Å²) >= 11 is 0. The van der Waals surface area contributed by atoms with Crippen LogP contribution in [-0.2, 0) is 4.79 Å². The second-order valence-corrected chi connectivity index (χ2v) is 5.21. The van der Waals surface area contributed by atoms with Gasteiger partial charge in [-0.25, -0.2) is 0 Å². The first-order valence-corrected chi connectivity index (χ1v) is 7.30. The Morgan fingerprint density at radius 2 is 2.00 bits per heavy atom. The second kappa shape index (κ2) is 6.75. The second-order valence-electron chi connectivity index (χ2n) is 5.21. The summed E-state index contributed by atoms with van der Waals surface area (Å²) < 4.78 is 10.5. The maximum absolute atomic E-state index is 12.2. The van der Waals surface area contributed by atoms with Crippen molar-refractivity contribution >= 4 is 17.3 Å². The van der Waals surface area contributed by atoms with Gasteiger partial charge in [-0.05, 0) is 36.8 Å². The summed E-state index contributed by atoms with van der Waals surface area (Å²) in [5, 5.41) is 14.8. The predicted molar refractivity (Wildman–Crippen MR) is 89.7 cm³/mol. The van der Waals surface area contributed by atoms with Gasteiger partial charge in [-0.3, -0.25) is 4.79 Å². The van der Waals surface area contributed by atoms with E-state index in [-0.39, 0.29) is 12.4 Å². The Hall–Kier alpha value is -3.46. The molecule has 1 amide bonds. The fourth-order valence-corrected chi connectivity index (χ4v) is 2.21. The molecule has 1 aliphatic rings. The first kappa shape index (κ1) is 15.4. The van der Waals surface area contributed by atoms with Gasteiger partial charge in [-0.1, -0.05) is 12.1 Å². The van der Waals surface area contributed by atoms with Crippen LogP contribution in [-0.4, -0.2) is 12.7 Å². The van der Waals surface area contributed by atoms with E-state index in [1.165, 1.54) is 6.20 Å². The number of hydrogen-bond donors (Lipinski definition) is 2. The molecule has 24 heavy (non-hydrogen) atoms. The number of benzene rings is 2. The molecule has 0 unspecified atom stereocenters. The van der Waals surface area contributed by atoms with E-state index in [9.17, 15) is 10.1 Å². The number of nitrogens with one attached hydrogen (secondary N) is 2. The van der Waals surface area contributed by atoms with Gasteiger partial charge < -0.3 is 20.1 Å². The average molecular weight is 321 g/mol. The Labute approximate surface area is 139 Å². The summed E-state index contributed by atoms with van der Waals surface area (Å²) in [6.07, 6.45) is 1.36. The number of amides is 1. The van der Waals surface area contributed by atoms with Crippen molar-refractivity contribution in [2.75, 3.05) is 17.4 Å². The largest absolute Gasteiger partial charge is 0.454 e. The molecular weight excluding hydrogens is 306 g/mol. The molecule has 1 heterocycles. The SMILES string of the molecule is Cc1cccc(NC(=O)/C(C#N)=C\Nc2ccc3c(c2)OCO3)c1. The van der Waals surface area contributed by atoms with E-state index in [0.717, 1.165) is 5.56 Å². The van der Waals surface area contributed by atoms with Gasteiger partial charge in [0.1, 0.15) is 11.6 Å². The molecule has 0 radical (unpaired) electrons. The zero-order chi connectivity index (χ0) is 16.9. The van der Waals surface area contributed by atoms with Gasteiger partial charge in [0.15, 0.2) is 11.5 Å². The van der Waals surface area contributed by atoms with Crippen LogP contribution in [0.2, 0.25) is 0 Å². The Balaban J connectivity index is 1.70. The maximum Gasteiger partial charge on any atom is 0.267 e.